The van der Waals surface area contributed by atoms with Crippen LogP contribution in [-0.4, -0.2) is 35.3 Å². The molecule has 5 nitrogen and oxygen atoms in total. The molecule has 1 aliphatic heterocycles. The molecule has 0 bridgehead atoms. The average Bonchev–Trinajstić information content (AvgIpc) is 2.95. The topological polar surface area (TPSA) is 55.6 Å². The molecule has 6 heteroatoms. The number of fused-ring (bicyclic) bond motifs is 1. The number of piperidine rings is 1. The van der Waals surface area contributed by atoms with Gasteiger partial charge < -0.3 is 9.26 Å². The van der Waals surface area contributed by atoms with Crippen LogP contribution in [0.5, 0.6) is 0 Å². The second-order valence-electron chi connectivity index (χ2n) is 6.76. The lowest BCUT2D eigenvalue weighted by molar-refractivity contribution is -0.162. The molecule has 0 aliphatic carbocycles. The van der Waals surface area contributed by atoms with Gasteiger partial charge in [0.1, 0.15) is 5.82 Å². The molecule has 1 aromatic heterocycles. The molecule has 1 aromatic carbocycles. The molecular formula is C18H23FN2O3. The number of benzene rings is 1. The van der Waals surface area contributed by atoms with Crippen LogP contribution in [0.2, 0.25) is 0 Å². The summed E-state index contributed by atoms with van der Waals surface area (Å²) in [6, 6.07) is 4.54. The van der Waals surface area contributed by atoms with Crippen LogP contribution in [0, 0.1) is 11.7 Å². The van der Waals surface area contributed by atoms with Crippen molar-refractivity contribution in [3.8, 4) is 0 Å². The van der Waals surface area contributed by atoms with Crippen molar-refractivity contribution >= 4 is 16.9 Å². The normalized spacial score (nSPS) is 18.2. The Labute approximate surface area is 140 Å². The van der Waals surface area contributed by atoms with Gasteiger partial charge in [0.15, 0.2) is 11.8 Å². The Balaban J connectivity index is 1.71. The fourth-order valence-electron chi connectivity index (χ4n) is 3.45. The minimum Gasteiger partial charge on any atom is -0.446 e. The molecule has 0 N–H and O–H groups in total. The van der Waals surface area contributed by atoms with Gasteiger partial charge in [0, 0.05) is 43.3 Å². The van der Waals surface area contributed by atoms with Crippen LogP contribution in [0.25, 0.3) is 11.0 Å². The van der Waals surface area contributed by atoms with E-state index < -0.39 is 0 Å². The molecule has 1 aliphatic rings. The van der Waals surface area contributed by atoms with Crippen LogP contribution in [-0.2, 0) is 9.53 Å². The van der Waals surface area contributed by atoms with Crippen molar-refractivity contribution in [3.63, 3.8) is 0 Å². The summed E-state index contributed by atoms with van der Waals surface area (Å²) in [5, 5.41) is 5.05. The summed E-state index contributed by atoms with van der Waals surface area (Å²) in [5.41, 5.74) is 1.39. The highest BCUT2D eigenvalue weighted by atomic mass is 19.1. The maximum atomic E-state index is 13.3. The maximum absolute atomic E-state index is 13.3. The van der Waals surface area contributed by atoms with Crippen molar-refractivity contribution in [3.05, 3.63) is 29.7 Å². The highest BCUT2D eigenvalue weighted by molar-refractivity contribution is 5.79. The Kier molecular flexibility index (Phi) is 4.85. The number of ether oxygens (including phenoxy) is 1. The van der Waals surface area contributed by atoms with E-state index >= 15 is 0 Å². The van der Waals surface area contributed by atoms with Gasteiger partial charge in [-0.05, 0) is 25.0 Å². The summed E-state index contributed by atoms with van der Waals surface area (Å²) >= 11 is 0. The third kappa shape index (κ3) is 3.43. The predicted octanol–water partition coefficient (Wildman–Crippen LogP) is 3.69. The standard InChI is InChI=1S/C18H23FN2O3/c1-11(2)18(23-12(3)22)21-8-6-13(7-9-21)17-15-5-4-14(19)10-16(15)24-20-17/h4-5,10-11,13,18H,6-9H2,1-3H3. The van der Waals surface area contributed by atoms with Crippen LogP contribution in [0.3, 0.4) is 0 Å². The second kappa shape index (κ2) is 6.89. The average molecular weight is 334 g/mol. The highest BCUT2D eigenvalue weighted by Gasteiger charge is 2.31. The van der Waals surface area contributed by atoms with Gasteiger partial charge in [-0.1, -0.05) is 19.0 Å². The molecule has 2 heterocycles. The second-order valence-corrected chi connectivity index (χ2v) is 6.76. The first-order valence-electron chi connectivity index (χ1n) is 8.42. The lowest BCUT2D eigenvalue weighted by atomic mass is 9.91. The van der Waals surface area contributed by atoms with Crippen molar-refractivity contribution in [2.45, 2.75) is 45.8 Å². The minimum atomic E-state index is -0.318. The van der Waals surface area contributed by atoms with Crippen molar-refractivity contribution < 1.29 is 18.4 Å². The summed E-state index contributed by atoms with van der Waals surface area (Å²) in [6.07, 6.45) is 1.62. The van der Waals surface area contributed by atoms with Crippen LogP contribution in [0.15, 0.2) is 22.7 Å². The fourth-order valence-corrected chi connectivity index (χ4v) is 3.45. The van der Waals surface area contributed by atoms with E-state index in [9.17, 15) is 9.18 Å². The molecular weight excluding hydrogens is 311 g/mol. The van der Waals surface area contributed by atoms with E-state index in [-0.39, 0.29) is 29.9 Å². The molecule has 24 heavy (non-hydrogen) atoms. The van der Waals surface area contributed by atoms with E-state index in [2.05, 4.69) is 23.9 Å². The first-order valence-corrected chi connectivity index (χ1v) is 8.42. The summed E-state index contributed by atoms with van der Waals surface area (Å²) in [7, 11) is 0. The monoisotopic (exact) mass is 334 g/mol. The number of carbonyl (C=O) groups excluding carboxylic acids is 1. The fraction of sp³-hybridized carbons (Fsp3) is 0.556. The number of likely N-dealkylation sites (tertiary alicyclic amines) is 1. The number of carbonyl (C=O) groups is 1. The number of nitrogens with zero attached hydrogens (tertiary/aromatic N) is 2. The Morgan fingerprint density at radius 1 is 1.38 bits per heavy atom. The van der Waals surface area contributed by atoms with Crippen LogP contribution >= 0.6 is 0 Å². The molecule has 0 amide bonds. The minimum absolute atomic E-state index is 0.188. The Morgan fingerprint density at radius 2 is 2.08 bits per heavy atom. The van der Waals surface area contributed by atoms with Gasteiger partial charge >= 0.3 is 5.97 Å². The largest absolute Gasteiger partial charge is 0.446 e. The number of aromatic nitrogens is 1. The Hall–Kier alpha value is -1.95. The smallest absolute Gasteiger partial charge is 0.304 e. The maximum Gasteiger partial charge on any atom is 0.304 e. The molecule has 0 radical (unpaired) electrons. The van der Waals surface area contributed by atoms with Crippen LogP contribution in [0.4, 0.5) is 4.39 Å². The quantitative estimate of drug-likeness (QED) is 0.798. The van der Waals surface area contributed by atoms with E-state index in [1.807, 2.05) is 0 Å². The lowest BCUT2D eigenvalue weighted by Gasteiger charge is -2.38. The van der Waals surface area contributed by atoms with Crippen molar-refractivity contribution in [1.82, 2.24) is 10.1 Å². The van der Waals surface area contributed by atoms with Gasteiger partial charge in [-0.15, -0.1) is 0 Å². The Bertz CT molecular complexity index is 720. The molecule has 0 saturated carbocycles. The summed E-state index contributed by atoms with van der Waals surface area (Å²) < 4.78 is 24.0. The SMILES string of the molecule is CC(=O)OC(C(C)C)N1CCC(c2noc3cc(F)ccc23)CC1. The molecule has 3 rings (SSSR count). The first kappa shape index (κ1) is 16.9. The summed E-state index contributed by atoms with van der Waals surface area (Å²) in [5.74, 6) is -0.0547. The van der Waals surface area contributed by atoms with Crippen molar-refractivity contribution in [2.75, 3.05) is 13.1 Å². The third-order valence-electron chi connectivity index (χ3n) is 4.60. The van der Waals surface area contributed by atoms with Gasteiger partial charge in [-0.25, -0.2) is 4.39 Å². The molecule has 2 aromatic rings. The third-order valence-corrected chi connectivity index (χ3v) is 4.60. The summed E-state index contributed by atoms with van der Waals surface area (Å²) in [6.45, 7) is 7.22. The van der Waals surface area contributed by atoms with Crippen LogP contribution < -0.4 is 0 Å². The van der Waals surface area contributed by atoms with Gasteiger partial charge in [0.25, 0.3) is 0 Å². The predicted molar refractivity (Wildman–Crippen MR) is 87.9 cm³/mol. The molecule has 130 valence electrons. The zero-order valence-corrected chi connectivity index (χ0v) is 14.3. The van der Waals surface area contributed by atoms with Crippen molar-refractivity contribution in [2.24, 2.45) is 5.92 Å². The zero-order valence-electron chi connectivity index (χ0n) is 14.3. The van der Waals surface area contributed by atoms with Crippen LogP contribution in [0.1, 0.15) is 45.2 Å². The van der Waals surface area contributed by atoms with E-state index in [0.29, 0.717) is 5.58 Å². The van der Waals surface area contributed by atoms with Gasteiger partial charge in [-0.2, -0.15) is 0 Å². The van der Waals surface area contributed by atoms with E-state index in [4.69, 9.17) is 9.26 Å². The van der Waals surface area contributed by atoms with Gasteiger partial charge in [0.05, 0.1) is 5.69 Å². The number of hydrogen-bond donors (Lipinski definition) is 0. The molecule has 1 unspecified atom stereocenters. The molecule has 1 fully saturated rings. The van der Waals surface area contributed by atoms with Gasteiger partial charge in [-0.3, -0.25) is 9.69 Å². The lowest BCUT2D eigenvalue weighted by Crippen LogP contribution is -2.46. The number of halogens is 1. The van der Waals surface area contributed by atoms with Gasteiger partial charge in [0.2, 0.25) is 0 Å². The van der Waals surface area contributed by atoms with E-state index in [1.54, 1.807) is 6.07 Å². The molecule has 1 atom stereocenters. The van der Waals surface area contributed by atoms with E-state index in [0.717, 1.165) is 37.0 Å². The summed E-state index contributed by atoms with van der Waals surface area (Å²) in [4.78, 5) is 13.5. The molecule has 0 spiro atoms. The number of esters is 1. The van der Waals surface area contributed by atoms with E-state index in [1.165, 1.54) is 19.1 Å². The number of hydrogen-bond acceptors (Lipinski definition) is 5. The highest BCUT2D eigenvalue weighted by Crippen LogP contribution is 2.34. The zero-order chi connectivity index (χ0) is 17.3. The Morgan fingerprint density at radius 3 is 2.71 bits per heavy atom. The first-order chi connectivity index (χ1) is 11.5. The number of rotatable bonds is 4. The molecule has 1 saturated heterocycles. The van der Waals surface area contributed by atoms with Crippen molar-refractivity contribution in [1.29, 1.82) is 0 Å².